The van der Waals surface area contributed by atoms with Crippen molar-refractivity contribution in [1.29, 1.82) is 5.26 Å². The number of nitrogens with zero attached hydrogens (tertiary/aromatic N) is 1. The molecular weight excluding hydrogens is 166 g/mol. The highest BCUT2D eigenvalue weighted by Crippen LogP contribution is 2.09. The maximum atomic E-state index is 11.0. The Kier molecular flexibility index (Phi) is 4.90. The van der Waals surface area contributed by atoms with Crippen molar-refractivity contribution in [3.8, 4) is 6.07 Å². The zero-order valence-corrected chi connectivity index (χ0v) is 8.48. The van der Waals surface area contributed by atoms with Crippen LogP contribution < -0.4 is 10.6 Å². The van der Waals surface area contributed by atoms with Crippen LogP contribution in [0, 0.1) is 16.7 Å². The molecule has 2 N–H and O–H groups in total. The Morgan fingerprint density at radius 3 is 2.54 bits per heavy atom. The normalized spacial score (nSPS) is 10.3. The maximum Gasteiger partial charge on any atom is 0.314 e. The number of hydrogen-bond acceptors (Lipinski definition) is 2. The molecule has 0 aliphatic rings. The number of nitriles is 1. The van der Waals surface area contributed by atoms with E-state index in [1.165, 1.54) is 0 Å². The lowest BCUT2D eigenvalue weighted by Crippen LogP contribution is -2.40. The van der Waals surface area contributed by atoms with Crippen LogP contribution in [0.15, 0.2) is 0 Å². The molecule has 13 heavy (non-hydrogen) atoms. The summed E-state index contributed by atoms with van der Waals surface area (Å²) in [7, 11) is 0. The first-order valence-electron chi connectivity index (χ1n) is 4.45. The number of urea groups is 1. The van der Waals surface area contributed by atoms with E-state index in [-0.39, 0.29) is 6.03 Å². The van der Waals surface area contributed by atoms with Crippen molar-refractivity contribution in [1.82, 2.24) is 10.6 Å². The molecule has 0 aliphatic carbocycles. The van der Waals surface area contributed by atoms with Crippen LogP contribution in [0.1, 0.15) is 27.2 Å². The van der Waals surface area contributed by atoms with Crippen LogP contribution in [0.4, 0.5) is 4.79 Å². The second-order valence-electron chi connectivity index (χ2n) is 3.61. The summed E-state index contributed by atoms with van der Waals surface area (Å²) in [5, 5.41) is 14.0. The molecule has 4 heteroatoms. The van der Waals surface area contributed by atoms with E-state index >= 15 is 0 Å². The Bertz CT molecular complexity index is 205. The summed E-state index contributed by atoms with van der Waals surface area (Å²) in [6.45, 7) is 6.59. The Balaban J connectivity index is 3.65. The van der Waals surface area contributed by atoms with Crippen molar-refractivity contribution in [3.05, 3.63) is 0 Å². The summed E-state index contributed by atoms with van der Waals surface area (Å²) >= 11 is 0. The molecule has 2 amide bonds. The van der Waals surface area contributed by atoms with Crippen molar-refractivity contribution in [2.45, 2.75) is 27.2 Å². The maximum absolute atomic E-state index is 11.0. The molecular formula is C9H17N3O. The molecule has 0 unspecified atom stereocenters. The molecule has 4 nitrogen and oxygen atoms in total. The van der Waals surface area contributed by atoms with E-state index in [9.17, 15) is 4.79 Å². The van der Waals surface area contributed by atoms with Crippen molar-refractivity contribution in [3.63, 3.8) is 0 Å². The highest BCUT2D eigenvalue weighted by Gasteiger charge is 2.16. The van der Waals surface area contributed by atoms with Crippen molar-refractivity contribution >= 4 is 6.03 Å². The predicted molar refractivity (Wildman–Crippen MR) is 51.1 cm³/mol. The average Bonchev–Trinajstić information content (AvgIpc) is 2.11. The van der Waals surface area contributed by atoms with E-state index in [1.54, 1.807) is 13.8 Å². The quantitative estimate of drug-likeness (QED) is 0.688. The summed E-state index contributed by atoms with van der Waals surface area (Å²) in [6, 6.07) is 1.91. The molecule has 0 aromatic carbocycles. The van der Waals surface area contributed by atoms with E-state index in [2.05, 4.69) is 16.7 Å². The van der Waals surface area contributed by atoms with Crippen molar-refractivity contribution in [2.24, 2.45) is 5.41 Å². The van der Waals surface area contributed by atoms with E-state index in [4.69, 9.17) is 5.26 Å². The highest BCUT2D eigenvalue weighted by atomic mass is 16.2. The second kappa shape index (κ2) is 5.41. The van der Waals surface area contributed by atoms with Gasteiger partial charge in [-0.25, -0.2) is 4.79 Å². The van der Waals surface area contributed by atoms with Gasteiger partial charge in [0.1, 0.15) is 0 Å². The number of carbonyl (C=O) groups is 1. The fourth-order valence-electron chi connectivity index (χ4n) is 0.642. The summed E-state index contributed by atoms with van der Waals surface area (Å²) in [5.41, 5.74) is -0.496. The first-order chi connectivity index (χ1) is 6.02. The van der Waals surface area contributed by atoms with Gasteiger partial charge in [0.25, 0.3) is 0 Å². The molecule has 0 bridgehead atoms. The van der Waals surface area contributed by atoms with Crippen LogP contribution in [-0.4, -0.2) is 19.1 Å². The molecule has 0 atom stereocenters. The van der Waals surface area contributed by atoms with E-state index < -0.39 is 5.41 Å². The molecule has 0 saturated carbocycles. The van der Waals surface area contributed by atoms with Gasteiger partial charge in [0.05, 0.1) is 11.5 Å². The summed E-state index contributed by atoms with van der Waals surface area (Å²) in [4.78, 5) is 11.0. The van der Waals surface area contributed by atoms with Gasteiger partial charge in [-0.1, -0.05) is 6.92 Å². The van der Waals surface area contributed by atoms with Gasteiger partial charge in [0.15, 0.2) is 0 Å². The number of nitrogens with one attached hydrogen (secondary N) is 2. The topological polar surface area (TPSA) is 64.9 Å². The highest BCUT2D eigenvalue weighted by molar-refractivity contribution is 5.73. The van der Waals surface area contributed by atoms with Gasteiger partial charge in [-0.05, 0) is 20.3 Å². The van der Waals surface area contributed by atoms with Crippen LogP contribution in [0.5, 0.6) is 0 Å². The molecule has 0 saturated heterocycles. The molecule has 0 aromatic rings. The Labute approximate surface area is 79.3 Å². The second-order valence-corrected chi connectivity index (χ2v) is 3.61. The van der Waals surface area contributed by atoms with Gasteiger partial charge < -0.3 is 10.6 Å². The van der Waals surface area contributed by atoms with Gasteiger partial charge in [-0.2, -0.15) is 5.26 Å². The summed E-state index contributed by atoms with van der Waals surface area (Å²) < 4.78 is 0. The van der Waals surface area contributed by atoms with Crippen LogP contribution >= 0.6 is 0 Å². The van der Waals surface area contributed by atoms with Crippen LogP contribution in [0.2, 0.25) is 0 Å². The smallest absolute Gasteiger partial charge is 0.314 e. The molecule has 0 aromatic heterocycles. The minimum Gasteiger partial charge on any atom is -0.338 e. The van der Waals surface area contributed by atoms with Crippen molar-refractivity contribution < 1.29 is 4.79 Å². The fraction of sp³-hybridized carbons (Fsp3) is 0.778. The third-order valence-electron chi connectivity index (χ3n) is 1.53. The minimum atomic E-state index is -0.496. The lowest BCUT2D eigenvalue weighted by molar-refractivity contribution is 0.237. The fourth-order valence-corrected chi connectivity index (χ4v) is 0.642. The van der Waals surface area contributed by atoms with Gasteiger partial charge in [0, 0.05) is 13.1 Å². The lowest BCUT2D eigenvalue weighted by atomic mass is 9.96. The van der Waals surface area contributed by atoms with Crippen LogP contribution in [-0.2, 0) is 0 Å². The van der Waals surface area contributed by atoms with E-state index in [1.807, 2.05) is 6.92 Å². The molecule has 74 valence electrons. The third-order valence-corrected chi connectivity index (χ3v) is 1.53. The molecule has 0 fully saturated rings. The van der Waals surface area contributed by atoms with Gasteiger partial charge in [0.2, 0.25) is 0 Å². The van der Waals surface area contributed by atoms with E-state index in [0.717, 1.165) is 6.42 Å². The Morgan fingerprint density at radius 1 is 1.46 bits per heavy atom. The average molecular weight is 183 g/mol. The standard InChI is InChI=1S/C9H17N3O/c1-4-5-11-8(13)12-7-9(2,3)6-10/h4-5,7H2,1-3H3,(H2,11,12,13). The molecule has 0 heterocycles. The Hall–Kier alpha value is -1.24. The van der Waals surface area contributed by atoms with Gasteiger partial charge in [-0.3, -0.25) is 0 Å². The first-order valence-corrected chi connectivity index (χ1v) is 4.45. The molecule has 0 radical (unpaired) electrons. The van der Waals surface area contributed by atoms with E-state index in [0.29, 0.717) is 13.1 Å². The molecule has 0 aliphatic heterocycles. The first kappa shape index (κ1) is 11.8. The summed E-state index contributed by atoms with van der Waals surface area (Å²) in [5.74, 6) is 0. The monoisotopic (exact) mass is 183 g/mol. The molecule has 0 rings (SSSR count). The Morgan fingerprint density at radius 2 is 2.08 bits per heavy atom. The third kappa shape index (κ3) is 5.97. The lowest BCUT2D eigenvalue weighted by Gasteiger charge is -2.15. The SMILES string of the molecule is CCCNC(=O)NCC(C)(C)C#N. The van der Waals surface area contributed by atoms with Crippen LogP contribution in [0.3, 0.4) is 0 Å². The van der Waals surface area contributed by atoms with Gasteiger partial charge >= 0.3 is 6.03 Å². The molecule has 0 spiro atoms. The van der Waals surface area contributed by atoms with Crippen molar-refractivity contribution in [2.75, 3.05) is 13.1 Å². The predicted octanol–water partition coefficient (Wildman–Crippen LogP) is 1.25. The number of rotatable bonds is 4. The zero-order valence-electron chi connectivity index (χ0n) is 8.48. The minimum absolute atomic E-state index is 0.204. The zero-order chi connectivity index (χ0) is 10.3. The number of hydrogen-bond donors (Lipinski definition) is 2. The number of carbonyl (C=O) groups excluding carboxylic acids is 1. The summed E-state index contributed by atoms with van der Waals surface area (Å²) in [6.07, 6.45) is 0.912. The number of amides is 2. The van der Waals surface area contributed by atoms with Gasteiger partial charge in [-0.15, -0.1) is 0 Å². The largest absolute Gasteiger partial charge is 0.338 e. The van der Waals surface area contributed by atoms with Crippen LogP contribution in [0.25, 0.3) is 0 Å².